The van der Waals surface area contributed by atoms with E-state index in [9.17, 15) is 9.18 Å². The third-order valence-corrected chi connectivity index (χ3v) is 3.29. The highest BCUT2D eigenvalue weighted by Crippen LogP contribution is 2.24. The molecule has 104 valence electrons. The number of ether oxygens (including phenoxy) is 1. The lowest BCUT2D eigenvalue weighted by atomic mass is 10.1. The topological polar surface area (TPSA) is 50.4 Å². The number of benzene rings is 1. The number of para-hydroxylation sites is 1. The molecule has 0 unspecified atom stereocenters. The van der Waals surface area contributed by atoms with Gasteiger partial charge >= 0.3 is 0 Å². The summed E-state index contributed by atoms with van der Waals surface area (Å²) in [4.78, 5) is 11.7. The molecule has 1 aromatic carbocycles. The molecule has 1 fully saturated rings. The van der Waals surface area contributed by atoms with Crippen molar-refractivity contribution in [1.82, 2.24) is 5.32 Å². The minimum Gasteiger partial charge on any atom is -0.381 e. The van der Waals surface area contributed by atoms with E-state index in [1.54, 1.807) is 6.07 Å². The molecule has 6 heteroatoms. The van der Waals surface area contributed by atoms with Crippen LogP contribution < -0.4 is 10.6 Å². The Balaban J connectivity index is 1.83. The SMILES string of the molecule is O=C(CNc1c(F)cccc1Cl)NC1CCOCC1. The van der Waals surface area contributed by atoms with Crippen LogP contribution in [0.4, 0.5) is 10.1 Å². The molecule has 1 aromatic rings. The molecule has 1 heterocycles. The Kier molecular flexibility index (Phi) is 4.99. The number of hydrogen-bond donors (Lipinski definition) is 2. The number of rotatable bonds is 4. The van der Waals surface area contributed by atoms with Crippen LogP contribution in [0.25, 0.3) is 0 Å². The Labute approximate surface area is 116 Å². The minimum atomic E-state index is -0.466. The lowest BCUT2D eigenvalue weighted by Gasteiger charge is -2.23. The minimum absolute atomic E-state index is 0.00197. The number of amides is 1. The lowest BCUT2D eigenvalue weighted by Crippen LogP contribution is -2.41. The van der Waals surface area contributed by atoms with Crippen LogP contribution in [0, 0.1) is 5.82 Å². The molecule has 0 aliphatic carbocycles. The quantitative estimate of drug-likeness (QED) is 0.892. The molecule has 19 heavy (non-hydrogen) atoms. The summed E-state index contributed by atoms with van der Waals surface area (Å²) in [6, 6.07) is 4.53. The van der Waals surface area contributed by atoms with E-state index in [2.05, 4.69) is 10.6 Å². The van der Waals surface area contributed by atoms with Gasteiger partial charge in [0.05, 0.1) is 17.3 Å². The summed E-state index contributed by atoms with van der Waals surface area (Å²) in [6.07, 6.45) is 1.62. The predicted octanol–water partition coefficient (Wildman–Crippen LogP) is 2.19. The first-order chi connectivity index (χ1) is 9.16. The smallest absolute Gasteiger partial charge is 0.239 e. The number of halogens is 2. The normalized spacial score (nSPS) is 16.1. The number of nitrogens with one attached hydrogen (secondary N) is 2. The fourth-order valence-electron chi connectivity index (χ4n) is 1.96. The van der Waals surface area contributed by atoms with Gasteiger partial charge in [-0.15, -0.1) is 0 Å². The van der Waals surface area contributed by atoms with Gasteiger partial charge in [0.25, 0.3) is 0 Å². The maximum atomic E-state index is 13.5. The van der Waals surface area contributed by atoms with Crippen molar-refractivity contribution >= 4 is 23.2 Å². The molecule has 0 bridgehead atoms. The van der Waals surface area contributed by atoms with Crippen LogP contribution in [0.2, 0.25) is 5.02 Å². The monoisotopic (exact) mass is 286 g/mol. The molecule has 0 radical (unpaired) electrons. The van der Waals surface area contributed by atoms with Gasteiger partial charge in [-0.3, -0.25) is 4.79 Å². The lowest BCUT2D eigenvalue weighted by molar-refractivity contribution is -0.120. The second-order valence-electron chi connectivity index (χ2n) is 4.40. The Hall–Kier alpha value is -1.33. The van der Waals surface area contributed by atoms with Gasteiger partial charge in [0.1, 0.15) is 5.82 Å². The van der Waals surface area contributed by atoms with Crippen LogP contribution in [0.15, 0.2) is 18.2 Å². The molecular weight excluding hydrogens is 271 g/mol. The van der Waals surface area contributed by atoms with Crippen molar-refractivity contribution in [3.8, 4) is 0 Å². The van der Waals surface area contributed by atoms with Crippen LogP contribution >= 0.6 is 11.6 Å². The fraction of sp³-hybridized carbons (Fsp3) is 0.462. The molecule has 1 aliphatic heterocycles. The van der Waals surface area contributed by atoms with Gasteiger partial charge in [-0.2, -0.15) is 0 Å². The average molecular weight is 287 g/mol. The Bertz CT molecular complexity index is 430. The number of carbonyl (C=O) groups excluding carboxylic acids is 1. The zero-order valence-electron chi connectivity index (χ0n) is 10.4. The number of anilines is 1. The van der Waals surface area contributed by atoms with E-state index in [0.717, 1.165) is 12.8 Å². The molecule has 1 saturated heterocycles. The summed E-state index contributed by atoms with van der Waals surface area (Å²) in [5.74, 6) is -0.641. The molecule has 1 amide bonds. The summed E-state index contributed by atoms with van der Waals surface area (Å²) in [7, 11) is 0. The third kappa shape index (κ3) is 4.08. The maximum Gasteiger partial charge on any atom is 0.239 e. The number of carbonyl (C=O) groups is 1. The largest absolute Gasteiger partial charge is 0.381 e. The van der Waals surface area contributed by atoms with Crippen molar-refractivity contribution in [3.63, 3.8) is 0 Å². The zero-order chi connectivity index (χ0) is 13.7. The molecule has 2 N–H and O–H groups in total. The van der Waals surface area contributed by atoms with E-state index in [-0.39, 0.29) is 29.2 Å². The van der Waals surface area contributed by atoms with Gasteiger partial charge in [-0.25, -0.2) is 4.39 Å². The second-order valence-corrected chi connectivity index (χ2v) is 4.81. The van der Waals surface area contributed by atoms with Gasteiger partial charge in [-0.1, -0.05) is 17.7 Å². The van der Waals surface area contributed by atoms with Crippen LogP contribution in [0.5, 0.6) is 0 Å². The first-order valence-electron chi connectivity index (χ1n) is 6.22. The maximum absolute atomic E-state index is 13.5. The van der Waals surface area contributed by atoms with Crippen LogP contribution in [0.3, 0.4) is 0 Å². The van der Waals surface area contributed by atoms with Crippen molar-refractivity contribution in [3.05, 3.63) is 29.0 Å². The number of hydrogen-bond acceptors (Lipinski definition) is 3. The highest BCUT2D eigenvalue weighted by Gasteiger charge is 2.16. The molecule has 4 nitrogen and oxygen atoms in total. The van der Waals surface area contributed by atoms with Gasteiger partial charge < -0.3 is 15.4 Å². The summed E-state index contributed by atoms with van der Waals surface area (Å²) < 4.78 is 18.7. The molecule has 0 aromatic heterocycles. The van der Waals surface area contributed by atoms with E-state index < -0.39 is 5.82 Å². The Morgan fingerprint density at radius 2 is 2.16 bits per heavy atom. The van der Waals surface area contributed by atoms with Crippen molar-refractivity contribution in [2.45, 2.75) is 18.9 Å². The molecule has 2 rings (SSSR count). The van der Waals surface area contributed by atoms with Crippen molar-refractivity contribution < 1.29 is 13.9 Å². The molecule has 1 aliphatic rings. The molecular formula is C13H16ClFN2O2. The van der Waals surface area contributed by atoms with Crippen molar-refractivity contribution in [1.29, 1.82) is 0 Å². The first-order valence-corrected chi connectivity index (χ1v) is 6.59. The average Bonchev–Trinajstić information content (AvgIpc) is 2.39. The van der Waals surface area contributed by atoms with Gasteiger partial charge in [-0.05, 0) is 25.0 Å². The van der Waals surface area contributed by atoms with E-state index in [4.69, 9.17) is 16.3 Å². The zero-order valence-corrected chi connectivity index (χ0v) is 11.2. The highest BCUT2D eigenvalue weighted by atomic mass is 35.5. The summed E-state index contributed by atoms with van der Waals surface area (Å²) >= 11 is 5.85. The van der Waals surface area contributed by atoms with Crippen LogP contribution in [-0.4, -0.2) is 31.7 Å². The fourth-order valence-corrected chi connectivity index (χ4v) is 2.19. The van der Waals surface area contributed by atoms with Crippen molar-refractivity contribution in [2.24, 2.45) is 0 Å². The first kappa shape index (κ1) is 14.1. The van der Waals surface area contributed by atoms with E-state index in [0.29, 0.717) is 13.2 Å². The summed E-state index contributed by atoms with van der Waals surface area (Å²) in [5, 5.41) is 5.86. The second kappa shape index (κ2) is 6.73. The van der Waals surface area contributed by atoms with E-state index in [1.165, 1.54) is 12.1 Å². The summed E-state index contributed by atoms with van der Waals surface area (Å²) in [6.45, 7) is 1.33. The van der Waals surface area contributed by atoms with Crippen LogP contribution in [0.1, 0.15) is 12.8 Å². The molecule has 0 saturated carbocycles. The highest BCUT2D eigenvalue weighted by molar-refractivity contribution is 6.33. The van der Waals surface area contributed by atoms with Crippen LogP contribution in [-0.2, 0) is 9.53 Å². The Morgan fingerprint density at radius 1 is 1.42 bits per heavy atom. The van der Waals surface area contributed by atoms with Gasteiger partial charge in [0, 0.05) is 19.3 Å². The van der Waals surface area contributed by atoms with Gasteiger partial charge in [0.2, 0.25) is 5.91 Å². The predicted molar refractivity (Wildman–Crippen MR) is 71.9 cm³/mol. The standard InChI is InChI=1S/C13H16ClFN2O2/c14-10-2-1-3-11(15)13(10)16-8-12(18)17-9-4-6-19-7-5-9/h1-3,9,16H,4-8H2,(H,17,18). The van der Waals surface area contributed by atoms with Crippen molar-refractivity contribution in [2.75, 3.05) is 25.1 Å². The Morgan fingerprint density at radius 3 is 2.84 bits per heavy atom. The third-order valence-electron chi connectivity index (χ3n) is 2.97. The molecule has 0 spiro atoms. The van der Waals surface area contributed by atoms with Gasteiger partial charge in [0.15, 0.2) is 0 Å². The van der Waals surface area contributed by atoms with E-state index >= 15 is 0 Å². The molecule has 0 atom stereocenters. The summed E-state index contributed by atoms with van der Waals surface area (Å²) in [5.41, 5.74) is 0.159. The van der Waals surface area contributed by atoms with E-state index in [1.807, 2.05) is 0 Å².